The lowest BCUT2D eigenvalue weighted by Gasteiger charge is -2.26. The smallest absolute Gasteiger partial charge is 0.0561 e. The Morgan fingerprint density at radius 3 is 1.40 bits per heavy atom. The SMILES string of the molecule is c1ccc(-c2ccc(N(c3ccccc3)c3ccc4c5ccccc5n(-c5cc(-c6ccc7ccccc7c6)cc(-c6ccc7ccccc7c6)c5)c4c3)cc2)cc1. The molecule has 2 heteroatoms. The van der Waals surface area contributed by atoms with E-state index in [1.54, 1.807) is 0 Å². The maximum absolute atomic E-state index is 2.46. The Hall–Kier alpha value is -7.68. The molecule has 0 bridgehead atoms. The van der Waals surface area contributed by atoms with Crippen LogP contribution in [-0.2, 0) is 0 Å². The fraction of sp³-hybridized carbons (Fsp3) is 0. The Bertz CT molecular complexity index is 3170. The van der Waals surface area contributed by atoms with Crippen molar-refractivity contribution in [2.75, 3.05) is 4.90 Å². The van der Waals surface area contributed by atoms with Crippen LogP contribution in [0.25, 0.3) is 82.4 Å². The Labute approximate surface area is 338 Å². The number of hydrogen-bond donors (Lipinski definition) is 0. The van der Waals surface area contributed by atoms with E-state index in [9.17, 15) is 0 Å². The van der Waals surface area contributed by atoms with Gasteiger partial charge in [0.2, 0.25) is 0 Å². The molecule has 0 aliphatic carbocycles. The zero-order valence-electron chi connectivity index (χ0n) is 31.8. The van der Waals surface area contributed by atoms with Crippen LogP contribution in [0.5, 0.6) is 0 Å². The van der Waals surface area contributed by atoms with E-state index < -0.39 is 0 Å². The van der Waals surface area contributed by atoms with Crippen LogP contribution < -0.4 is 4.90 Å². The first-order chi connectivity index (χ1) is 28.7. The second-order valence-electron chi connectivity index (χ2n) is 15.0. The van der Waals surface area contributed by atoms with Crippen LogP contribution in [0.15, 0.2) is 231 Å². The summed E-state index contributed by atoms with van der Waals surface area (Å²) in [5.74, 6) is 0. The van der Waals surface area contributed by atoms with E-state index in [2.05, 4.69) is 240 Å². The zero-order valence-corrected chi connectivity index (χ0v) is 31.8. The highest BCUT2D eigenvalue weighted by molar-refractivity contribution is 6.10. The number of rotatable bonds is 7. The van der Waals surface area contributed by atoms with Gasteiger partial charge in [-0.3, -0.25) is 0 Å². The number of aromatic nitrogens is 1. The number of fused-ring (bicyclic) bond motifs is 5. The number of hydrogen-bond acceptors (Lipinski definition) is 1. The van der Waals surface area contributed by atoms with Gasteiger partial charge < -0.3 is 9.47 Å². The Balaban J connectivity index is 1.13. The first-order valence-corrected chi connectivity index (χ1v) is 19.9. The van der Waals surface area contributed by atoms with Crippen molar-refractivity contribution in [3.8, 4) is 39.1 Å². The van der Waals surface area contributed by atoms with Gasteiger partial charge in [0.15, 0.2) is 0 Å². The quantitative estimate of drug-likeness (QED) is 0.158. The number of anilines is 3. The topological polar surface area (TPSA) is 8.17 Å². The lowest BCUT2D eigenvalue weighted by molar-refractivity contribution is 1.18. The van der Waals surface area contributed by atoms with Crippen LogP contribution in [0.3, 0.4) is 0 Å². The Morgan fingerprint density at radius 2 is 0.741 bits per heavy atom. The van der Waals surface area contributed by atoms with E-state index in [0.29, 0.717) is 0 Å². The van der Waals surface area contributed by atoms with Crippen molar-refractivity contribution in [2.24, 2.45) is 0 Å². The molecule has 0 saturated heterocycles. The average Bonchev–Trinajstić information content (AvgIpc) is 3.63. The lowest BCUT2D eigenvalue weighted by atomic mass is 9.95. The second kappa shape index (κ2) is 14.1. The molecular formula is C56H38N2. The molecule has 0 amide bonds. The number of nitrogens with zero attached hydrogens (tertiary/aromatic N) is 2. The van der Waals surface area contributed by atoms with E-state index in [1.807, 2.05) is 0 Å². The van der Waals surface area contributed by atoms with E-state index >= 15 is 0 Å². The molecule has 0 fully saturated rings. The summed E-state index contributed by atoms with van der Waals surface area (Å²) in [5.41, 5.74) is 13.9. The molecule has 0 unspecified atom stereocenters. The first kappa shape index (κ1) is 33.6. The van der Waals surface area contributed by atoms with Crippen molar-refractivity contribution in [3.05, 3.63) is 231 Å². The van der Waals surface area contributed by atoms with Crippen LogP contribution in [0.4, 0.5) is 17.1 Å². The van der Waals surface area contributed by atoms with Crippen molar-refractivity contribution in [2.45, 2.75) is 0 Å². The maximum Gasteiger partial charge on any atom is 0.0561 e. The molecule has 0 aliphatic heterocycles. The molecule has 0 spiro atoms. The standard InChI is InChI=1S/C56H38N2/c1-3-13-39(14-4-1)42-27-29-50(30-28-42)57(49-19-5-2-6-20-49)51-31-32-54-53-21-11-12-22-55(53)58(56(54)38-51)52-36-47(45-25-23-40-15-7-9-17-43(40)33-45)35-48(37-52)46-26-24-41-16-8-10-18-44(41)34-46/h1-38H. The number of benzene rings is 10. The fourth-order valence-electron chi connectivity index (χ4n) is 8.65. The van der Waals surface area contributed by atoms with Gasteiger partial charge in [-0.1, -0.05) is 158 Å². The lowest BCUT2D eigenvalue weighted by Crippen LogP contribution is -2.10. The second-order valence-corrected chi connectivity index (χ2v) is 15.0. The molecule has 11 rings (SSSR count). The van der Waals surface area contributed by atoms with E-state index in [1.165, 1.54) is 71.2 Å². The predicted octanol–water partition coefficient (Wildman–Crippen LogP) is 15.6. The summed E-state index contributed by atoms with van der Waals surface area (Å²) < 4.78 is 2.46. The molecule has 1 aromatic heterocycles. The third kappa shape index (κ3) is 6.00. The Morgan fingerprint density at radius 1 is 0.259 bits per heavy atom. The predicted molar refractivity (Wildman–Crippen MR) is 247 cm³/mol. The summed E-state index contributed by atoms with van der Waals surface area (Å²) >= 11 is 0. The van der Waals surface area contributed by atoms with Crippen LogP contribution in [-0.4, -0.2) is 4.57 Å². The van der Waals surface area contributed by atoms with Gasteiger partial charge in [-0.15, -0.1) is 0 Å². The van der Waals surface area contributed by atoms with Crippen molar-refractivity contribution in [1.29, 1.82) is 0 Å². The van der Waals surface area contributed by atoms with Gasteiger partial charge in [-0.05, 0) is 128 Å². The van der Waals surface area contributed by atoms with Crippen molar-refractivity contribution < 1.29 is 0 Å². The van der Waals surface area contributed by atoms with Gasteiger partial charge in [0.25, 0.3) is 0 Å². The summed E-state index contributed by atoms with van der Waals surface area (Å²) in [7, 11) is 0. The van der Waals surface area contributed by atoms with E-state index in [4.69, 9.17) is 0 Å². The number of para-hydroxylation sites is 2. The average molecular weight is 739 g/mol. The molecule has 11 aromatic rings. The molecule has 2 nitrogen and oxygen atoms in total. The minimum atomic E-state index is 1.09. The van der Waals surface area contributed by atoms with E-state index in [-0.39, 0.29) is 0 Å². The van der Waals surface area contributed by atoms with Gasteiger partial charge in [-0.2, -0.15) is 0 Å². The molecule has 58 heavy (non-hydrogen) atoms. The molecule has 272 valence electrons. The highest BCUT2D eigenvalue weighted by Crippen LogP contribution is 2.41. The van der Waals surface area contributed by atoms with Crippen molar-refractivity contribution in [1.82, 2.24) is 4.57 Å². The summed E-state index contributed by atoms with van der Waals surface area (Å²) in [6, 6.07) is 83.9. The van der Waals surface area contributed by atoms with Crippen molar-refractivity contribution in [3.63, 3.8) is 0 Å². The third-order valence-corrected chi connectivity index (χ3v) is 11.5. The van der Waals surface area contributed by atoms with Crippen LogP contribution >= 0.6 is 0 Å². The van der Waals surface area contributed by atoms with Crippen molar-refractivity contribution >= 4 is 60.4 Å². The third-order valence-electron chi connectivity index (χ3n) is 11.5. The molecule has 0 N–H and O–H groups in total. The monoisotopic (exact) mass is 738 g/mol. The molecule has 0 aliphatic rings. The van der Waals surface area contributed by atoms with Gasteiger partial charge >= 0.3 is 0 Å². The fourth-order valence-corrected chi connectivity index (χ4v) is 8.65. The van der Waals surface area contributed by atoms with E-state index in [0.717, 1.165) is 28.3 Å². The van der Waals surface area contributed by atoms with Crippen LogP contribution in [0.2, 0.25) is 0 Å². The van der Waals surface area contributed by atoms with Crippen LogP contribution in [0, 0.1) is 0 Å². The van der Waals surface area contributed by atoms with Gasteiger partial charge in [0.05, 0.1) is 11.0 Å². The highest BCUT2D eigenvalue weighted by atomic mass is 15.1. The molecular weight excluding hydrogens is 701 g/mol. The highest BCUT2D eigenvalue weighted by Gasteiger charge is 2.19. The summed E-state index contributed by atoms with van der Waals surface area (Å²) in [6.45, 7) is 0. The first-order valence-electron chi connectivity index (χ1n) is 19.9. The largest absolute Gasteiger partial charge is 0.310 e. The van der Waals surface area contributed by atoms with Gasteiger partial charge in [0.1, 0.15) is 0 Å². The van der Waals surface area contributed by atoms with Gasteiger partial charge in [-0.25, -0.2) is 0 Å². The summed E-state index contributed by atoms with van der Waals surface area (Å²) in [5, 5.41) is 7.39. The summed E-state index contributed by atoms with van der Waals surface area (Å²) in [4.78, 5) is 2.36. The molecule has 0 atom stereocenters. The molecule has 10 aromatic carbocycles. The van der Waals surface area contributed by atoms with Crippen LogP contribution in [0.1, 0.15) is 0 Å². The molecule has 0 radical (unpaired) electrons. The molecule has 1 heterocycles. The minimum absolute atomic E-state index is 1.09. The molecule has 0 saturated carbocycles. The summed E-state index contributed by atoms with van der Waals surface area (Å²) in [6.07, 6.45) is 0. The maximum atomic E-state index is 2.46. The Kier molecular flexibility index (Phi) is 8.19. The normalized spacial score (nSPS) is 11.4. The minimum Gasteiger partial charge on any atom is -0.310 e. The van der Waals surface area contributed by atoms with Gasteiger partial charge in [0, 0.05) is 33.5 Å². The zero-order chi connectivity index (χ0) is 38.4.